The zero-order chi connectivity index (χ0) is 15.0. The van der Waals surface area contributed by atoms with Crippen LogP contribution in [0.5, 0.6) is 0 Å². The Labute approximate surface area is 130 Å². The third-order valence-corrected chi connectivity index (χ3v) is 4.41. The molecular formula is C14H22BrNO3S. The largest absolute Gasteiger partial charge is 0.378 e. The lowest BCUT2D eigenvalue weighted by Gasteiger charge is -2.11. The van der Waals surface area contributed by atoms with Gasteiger partial charge in [0.05, 0.1) is 18.5 Å². The zero-order valence-corrected chi connectivity index (χ0v) is 14.3. The van der Waals surface area contributed by atoms with Gasteiger partial charge in [0.15, 0.2) is 0 Å². The molecule has 1 N–H and O–H groups in total. The Bertz CT molecular complexity index is 503. The molecule has 1 rings (SSSR count). The summed E-state index contributed by atoms with van der Waals surface area (Å²) < 4.78 is 31.7. The van der Waals surface area contributed by atoms with Crippen LogP contribution in [0, 0.1) is 0 Å². The van der Waals surface area contributed by atoms with E-state index >= 15 is 0 Å². The number of hydrogen-bond acceptors (Lipinski definition) is 3. The first-order valence-corrected chi connectivity index (χ1v) is 9.47. The molecular weight excluding hydrogens is 342 g/mol. The maximum Gasteiger partial charge on any atom is 0.235 e. The van der Waals surface area contributed by atoms with Gasteiger partial charge in [-0.3, -0.25) is 4.72 Å². The Balaban J connectivity index is 2.58. The van der Waals surface area contributed by atoms with Crippen molar-refractivity contribution in [3.8, 4) is 0 Å². The number of ether oxygens (including phenoxy) is 1. The van der Waals surface area contributed by atoms with Gasteiger partial charge in [-0.2, -0.15) is 0 Å². The van der Waals surface area contributed by atoms with Gasteiger partial charge in [0.1, 0.15) is 0 Å². The normalized spacial score (nSPS) is 11.8. The highest BCUT2D eigenvalue weighted by Gasteiger charge is 2.11. The molecule has 4 nitrogen and oxygen atoms in total. The molecule has 1 aromatic carbocycles. The molecule has 6 heteroatoms. The van der Waals surface area contributed by atoms with Crippen LogP contribution in [0.25, 0.3) is 0 Å². The van der Waals surface area contributed by atoms with Gasteiger partial charge in [0.2, 0.25) is 10.0 Å². The predicted molar refractivity (Wildman–Crippen MR) is 87.1 cm³/mol. The number of nitrogens with one attached hydrogen (secondary N) is 1. The number of hydrogen-bond donors (Lipinski definition) is 1. The monoisotopic (exact) mass is 363 g/mol. The van der Waals surface area contributed by atoms with Gasteiger partial charge in [-0.25, -0.2) is 8.42 Å². The second kappa shape index (κ2) is 8.64. The minimum absolute atomic E-state index is 0.0309. The van der Waals surface area contributed by atoms with Crippen molar-refractivity contribution in [1.29, 1.82) is 0 Å². The summed E-state index contributed by atoms with van der Waals surface area (Å²) in [6.45, 7) is 3.97. The van der Waals surface area contributed by atoms with Gasteiger partial charge in [-0.15, -0.1) is 0 Å². The second-order valence-electron chi connectivity index (χ2n) is 4.83. The third-order valence-electron chi connectivity index (χ3n) is 2.60. The van der Waals surface area contributed by atoms with Gasteiger partial charge in [0.25, 0.3) is 0 Å². The lowest BCUT2D eigenvalue weighted by atomic mass is 10.1. The minimum Gasteiger partial charge on any atom is -0.378 e. The molecule has 0 saturated carbocycles. The number of sulfonamides is 1. The van der Waals surface area contributed by atoms with Crippen molar-refractivity contribution >= 4 is 31.6 Å². The van der Waals surface area contributed by atoms with Crippen molar-refractivity contribution in [2.45, 2.75) is 32.8 Å². The summed E-state index contributed by atoms with van der Waals surface area (Å²) >= 11 is 3.39. The van der Waals surface area contributed by atoms with E-state index in [0.717, 1.165) is 23.7 Å². The van der Waals surface area contributed by atoms with Gasteiger partial charge in [-0.05, 0) is 44.4 Å². The number of rotatable bonds is 9. The summed E-state index contributed by atoms with van der Waals surface area (Å²) in [5.41, 5.74) is 1.74. The van der Waals surface area contributed by atoms with Crippen molar-refractivity contribution in [2.75, 3.05) is 22.4 Å². The van der Waals surface area contributed by atoms with E-state index in [2.05, 4.69) is 20.7 Å². The number of anilines is 1. The number of halogens is 1. The van der Waals surface area contributed by atoms with Crippen LogP contribution < -0.4 is 4.72 Å². The highest BCUT2D eigenvalue weighted by Crippen LogP contribution is 2.14. The van der Waals surface area contributed by atoms with Crippen LogP contribution in [0.2, 0.25) is 0 Å². The fraction of sp³-hybridized carbons (Fsp3) is 0.571. The van der Waals surface area contributed by atoms with E-state index in [1.54, 1.807) is 6.07 Å². The first-order valence-electron chi connectivity index (χ1n) is 6.70. The fourth-order valence-corrected chi connectivity index (χ4v) is 2.87. The second-order valence-corrected chi connectivity index (χ2v) is 7.47. The molecule has 0 aromatic heterocycles. The Morgan fingerprint density at radius 3 is 2.75 bits per heavy atom. The van der Waals surface area contributed by atoms with Gasteiger partial charge >= 0.3 is 0 Å². The third kappa shape index (κ3) is 7.26. The van der Waals surface area contributed by atoms with Crippen LogP contribution in [-0.4, -0.2) is 32.2 Å². The van der Waals surface area contributed by atoms with Gasteiger partial charge in [0, 0.05) is 11.0 Å². The maximum atomic E-state index is 11.9. The lowest BCUT2D eigenvalue weighted by Crippen LogP contribution is -2.21. The summed E-state index contributed by atoms with van der Waals surface area (Å²) in [7, 11) is -3.35. The molecule has 0 aliphatic heterocycles. The van der Waals surface area contributed by atoms with Gasteiger partial charge in [-0.1, -0.05) is 28.1 Å². The molecule has 0 radical (unpaired) electrons. The predicted octanol–water partition coefficient (Wildman–Crippen LogP) is 3.18. The fourth-order valence-electron chi connectivity index (χ4n) is 1.69. The van der Waals surface area contributed by atoms with Crippen LogP contribution in [-0.2, 0) is 21.2 Å². The maximum absolute atomic E-state index is 11.9. The van der Waals surface area contributed by atoms with Crippen LogP contribution >= 0.6 is 15.9 Å². The van der Waals surface area contributed by atoms with Crippen molar-refractivity contribution in [3.05, 3.63) is 29.8 Å². The van der Waals surface area contributed by atoms with Crippen LogP contribution in [0.3, 0.4) is 0 Å². The molecule has 0 amide bonds. The average Bonchev–Trinajstić information content (AvgIpc) is 2.35. The highest BCUT2D eigenvalue weighted by atomic mass is 79.9. The van der Waals surface area contributed by atoms with Crippen molar-refractivity contribution in [3.63, 3.8) is 0 Å². The number of alkyl halides is 1. The topological polar surface area (TPSA) is 55.4 Å². The lowest BCUT2D eigenvalue weighted by molar-refractivity contribution is 0.0913. The van der Waals surface area contributed by atoms with Crippen molar-refractivity contribution in [2.24, 2.45) is 0 Å². The van der Waals surface area contributed by atoms with Crippen LogP contribution in [0.15, 0.2) is 24.3 Å². The Hall–Kier alpha value is -0.590. The Morgan fingerprint density at radius 1 is 1.35 bits per heavy atom. The van der Waals surface area contributed by atoms with E-state index in [1.807, 2.05) is 32.0 Å². The summed E-state index contributed by atoms with van der Waals surface area (Å²) in [6.07, 6.45) is 1.99. The van der Waals surface area contributed by atoms with E-state index in [9.17, 15) is 8.42 Å². The zero-order valence-electron chi connectivity index (χ0n) is 11.9. The molecule has 0 spiro atoms. The van der Waals surface area contributed by atoms with Crippen LogP contribution in [0.1, 0.15) is 25.8 Å². The quantitative estimate of drug-likeness (QED) is 0.685. The summed E-state index contributed by atoms with van der Waals surface area (Å²) in [6, 6.07) is 7.51. The van der Waals surface area contributed by atoms with E-state index in [0.29, 0.717) is 5.69 Å². The Morgan fingerprint density at radius 2 is 2.10 bits per heavy atom. The molecule has 0 fully saturated rings. The van der Waals surface area contributed by atoms with Crippen molar-refractivity contribution in [1.82, 2.24) is 0 Å². The molecule has 0 aliphatic rings. The molecule has 0 atom stereocenters. The molecule has 20 heavy (non-hydrogen) atoms. The number of benzene rings is 1. The first kappa shape index (κ1) is 17.5. The summed E-state index contributed by atoms with van der Waals surface area (Å²) in [4.78, 5) is 0. The molecule has 0 saturated heterocycles. The highest BCUT2D eigenvalue weighted by molar-refractivity contribution is 9.09. The molecule has 0 unspecified atom stereocenters. The molecule has 0 bridgehead atoms. The van der Waals surface area contributed by atoms with Crippen LogP contribution in [0.4, 0.5) is 5.69 Å². The Kier molecular flexibility index (Phi) is 7.55. The van der Waals surface area contributed by atoms with E-state index in [1.165, 1.54) is 0 Å². The number of aryl methyl sites for hydroxylation is 1. The van der Waals surface area contributed by atoms with E-state index in [-0.39, 0.29) is 18.5 Å². The molecule has 0 aliphatic carbocycles. The van der Waals surface area contributed by atoms with Crippen molar-refractivity contribution < 1.29 is 13.2 Å². The minimum atomic E-state index is -3.35. The van der Waals surface area contributed by atoms with E-state index in [4.69, 9.17) is 4.74 Å². The smallest absolute Gasteiger partial charge is 0.235 e. The van der Waals surface area contributed by atoms with E-state index < -0.39 is 10.0 Å². The average molecular weight is 364 g/mol. The summed E-state index contributed by atoms with van der Waals surface area (Å²) in [5, 5.41) is 0.940. The van der Waals surface area contributed by atoms with Gasteiger partial charge < -0.3 is 4.74 Å². The molecule has 114 valence electrons. The SMILES string of the molecule is CC(C)OCCS(=O)(=O)Nc1cccc(CCCBr)c1. The first-order chi connectivity index (χ1) is 9.43. The summed E-state index contributed by atoms with van der Waals surface area (Å²) in [5.74, 6) is -0.0309. The molecule has 1 aromatic rings. The standard InChI is InChI=1S/C14H22BrNO3S/c1-12(2)19-9-10-20(17,18)16-14-7-3-5-13(11-14)6-4-8-15/h3,5,7,11-12,16H,4,6,8-10H2,1-2H3. The molecule has 0 heterocycles.